The van der Waals surface area contributed by atoms with Crippen molar-refractivity contribution in [3.63, 3.8) is 0 Å². The van der Waals surface area contributed by atoms with Crippen LogP contribution in [0.15, 0.2) is 62.9 Å². The zero-order chi connectivity index (χ0) is 18.9. The van der Waals surface area contributed by atoms with E-state index in [1.807, 2.05) is 42.6 Å². The van der Waals surface area contributed by atoms with Crippen molar-refractivity contribution in [3.05, 3.63) is 59.2 Å². The summed E-state index contributed by atoms with van der Waals surface area (Å²) >= 11 is 5.02. The molecule has 1 aliphatic rings. The molecule has 0 aliphatic heterocycles. The van der Waals surface area contributed by atoms with Crippen molar-refractivity contribution in [1.29, 1.82) is 0 Å². The van der Waals surface area contributed by atoms with Gasteiger partial charge >= 0.3 is 0 Å². The molecule has 28 heavy (non-hydrogen) atoms. The molecular formula is C19H15BrN6OS. The lowest BCUT2D eigenvalue weighted by molar-refractivity contribution is 0.391. The number of rotatable bonds is 6. The average Bonchev–Trinajstić information content (AvgIpc) is 3.29. The van der Waals surface area contributed by atoms with Gasteiger partial charge in [-0.15, -0.1) is 10.2 Å². The van der Waals surface area contributed by atoms with Crippen molar-refractivity contribution in [2.24, 2.45) is 0 Å². The van der Waals surface area contributed by atoms with Crippen LogP contribution in [0.25, 0.3) is 22.8 Å². The Bertz CT molecular complexity index is 1110. The summed E-state index contributed by atoms with van der Waals surface area (Å²) in [6.45, 7) is 0. The second kappa shape index (κ2) is 7.48. The normalized spacial score (nSPS) is 13.8. The summed E-state index contributed by atoms with van der Waals surface area (Å²) in [6, 6.07) is 12.2. The van der Waals surface area contributed by atoms with E-state index < -0.39 is 0 Å². The molecule has 0 N–H and O–H groups in total. The molecule has 4 aromatic rings. The second-order valence-electron chi connectivity index (χ2n) is 6.46. The molecule has 0 spiro atoms. The van der Waals surface area contributed by atoms with E-state index in [1.54, 1.807) is 18.0 Å². The lowest BCUT2D eigenvalue weighted by Crippen LogP contribution is -2.00. The monoisotopic (exact) mass is 454 g/mol. The van der Waals surface area contributed by atoms with Crippen molar-refractivity contribution in [1.82, 2.24) is 29.9 Å². The SMILES string of the molecule is Brc1cccc(-c2noc(CSc3nnc(-c4cccnc4)n3C3CC3)n2)c1. The maximum atomic E-state index is 5.42. The molecule has 0 atom stereocenters. The number of aromatic nitrogens is 6. The average molecular weight is 455 g/mol. The summed E-state index contributed by atoms with van der Waals surface area (Å²) in [5.74, 6) is 2.54. The van der Waals surface area contributed by atoms with Crippen LogP contribution < -0.4 is 0 Å². The fourth-order valence-electron chi connectivity index (χ4n) is 2.91. The third-order valence-corrected chi connectivity index (χ3v) is 5.79. The maximum Gasteiger partial charge on any atom is 0.237 e. The topological polar surface area (TPSA) is 82.5 Å². The van der Waals surface area contributed by atoms with Crippen LogP contribution in [0.5, 0.6) is 0 Å². The van der Waals surface area contributed by atoms with E-state index in [4.69, 9.17) is 4.52 Å². The summed E-state index contributed by atoms with van der Waals surface area (Å²) in [4.78, 5) is 8.70. The van der Waals surface area contributed by atoms with Gasteiger partial charge in [0.05, 0.1) is 5.75 Å². The van der Waals surface area contributed by atoms with E-state index in [1.165, 1.54) is 0 Å². The largest absolute Gasteiger partial charge is 0.338 e. The van der Waals surface area contributed by atoms with Gasteiger partial charge in [0.2, 0.25) is 11.7 Å². The summed E-state index contributed by atoms with van der Waals surface area (Å²) in [5.41, 5.74) is 1.89. The first kappa shape index (κ1) is 17.6. The van der Waals surface area contributed by atoms with Gasteiger partial charge in [0, 0.05) is 34.0 Å². The molecule has 5 rings (SSSR count). The highest BCUT2D eigenvalue weighted by molar-refractivity contribution is 9.10. The lowest BCUT2D eigenvalue weighted by atomic mass is 10.2. The molecule has 1 saturated carbocycles. The first-order valence-electron chi connectivity index (χ1n) is 8.84. The van der Waals surface area contributed by atoms with E-state index in [-0.39, 0.29) is 0 Å². The second-order valence-corrected chi connectivity index (χ2v) is 8.32. The molecule has 7 nitrogen and oxygen atoms in total. The minimum absolute atomic E-state index is 0.452. The lowest BCUT2D eigenvalue weighted by Gasteiger charge is -2.07. The van der Waals surface area contributed by atoms with E-state index in [9.17, 15) is 0 Å². The van der Waals surface area contributed by atoms with Crippen LogP contribution >= 0.6 is 27.7 Å². The smallest absolute Gasteiger partial charge is 0.237 e. The highest BCUT2D eigenvalue weighted by atomic mass is 79.9. The highest BCUT2D eigenvalue weighted by Gasteiger charge is 2.30. The van der Waals surface area contributed by atoms with Crippen molar-refractivity contribution in [3.8, 4) is 22.8 Å². The zero-order valence-electron chi connectivity index (χ0n) is 14.7. The molecule has 1 fully saturated rings. The third kappa shape index (κ3) is 3.59. The zero-order valence-corrected chi connectivity index (χ0v) is 17.1. The standard InChI is InChI=1S/C19H15BrN6OS/c20-14-5-1-3-12(9-14)17-22-16(27-25-17)11-28-19-24-23-18(26(19)15-6-7-15)13-4-2-8-21-10-13/h1-5,8-10,15H,6-7,11H2. The quantitative estimate of drug-likeness (QED) is 0.387. The van der Waals surface area contributed by atoms with Crippen LogP contribution in [0, 0.1) is 0 Å². The summed E-state index contributed by atoms with van der Waals surface area (Å²) < 4.78 is 8.60. The Kier molecular flexibility index (Phi) is 4.69. The van der Waals surface area contributed by atoms with Crippen molar-refractivity contribution in [2.45, 2.75) is 29.8 Å². The summed E-state index contributed by atoms with van der Waals surface area (Å²) in [5, 5.41) is 13.8. The predicted octanol–water partition coefficient (Wildman–Crippen LogP) is 4.78. The number of nitrogens with zero attached hydrogens (tertiary/aromatic N) is 6. The van der Waals surface area contributed by atoms with E-state index in [0.717, 1.165) is 39.4 Å². The Morgan fingerprint density at radius 1 is 1.14 bits per heavy atom. The van der Waals surface area contributed by atoms with Crippen LogP contribution in [0.4, 0.5) is 0 Å². The van der Waals surface area contributed by atoms with E-state index in [2.05, 4.69) is 45.8 Å². The van der Waals surface area contributed by atoms with Crippen molar-refractivity contribution < 1.29 is 4.52 Å². The van der Waals surface area contributed by atoms with Crippen molar-refractivity contribution in [2.75, 3.05) is 0 Å². The summed E-state index contributed by atoms with van der Waals surface area (Å²) in [6.07, 6.45) is 5.87. The molecule has 0 bridgehead atoms. The minimum Gasteiger partial charge on any atom is -0.338 e. The Balaban J connectivity index is 1.36. The number of halogens is 1. The van der Waals surface area contributed by atoms with Gasteiger partial charge in [0.25, 0.3) is 0 Å². The Labute approximate surface area is 173 Å². The Morgan fingerprint density at radius 3 is 2.82 bits per heavy atom. The summed E-state index contributed by atoms with van der Waals surface area (Å²) in [7, 11) is 0. The fraction of sp³-hybridized carbons (Fsp3) is 0.211. The van der Waals surface area contributed by atoms with Gasteiger partial charge in [0.1, 0.15) is 0 Å². The predicted molar refractivity (Wildman–Crippen MR) is 109 cm³/mol. The third-order valence-electron chi connectivity index (χ3n) is 4.37. The molecule has 1 aromatic carbocycles. The van der Waals surface area contributed by atoms with Gasteiger partial charge in [0.15, 0.2) is 11.0 Å². The molecule has 140 valence electrons. The molecule has 3 aromatic heterocycles. The van der Waals surface area contributed by atoms with Gasteiger partial charge < -0.3 is 4.52 Å². The number of hydrogen-bond donors (Lipinski definition) is 0. The van der Waals surface area contributed by atoms with Crippen molar-refractivity contribution >= 4 is 27.7 Å². The number of thioether (sulfide) groups is 1. The van der Waals surface area contributed by atoms with Gasteiger partial charge in [-0.2, -0.15) is 4.98 Å². The van der Waals surface area contributed by atoms with Gasteiger partial charge in [-0.25, -0.2) is 0 Å². The van der Waals surface area contributed by atoms with Crippen LogP contribution in [0.1, 0.15) is 24.8 Å². The molecule has 3 heterocycles. The minimum atomic E-state index is 0.452. The Morgan fingerprint density at radius 2 is 2.04 bits per heavy atom. The van der Waals surface area contributed by atoms with Gasteiger partial charge in [-0.1, -0.05) is 45.0 Å². The number of hydrogen-bond acceptors (Lipinski definition) is 7. The van der Waals surface area contributed by atoms with E-state index in [0.29, 0.717) is 23.5 Å². The first-order chi connectivity index (χ1) is 13.8. The van der Waals surface area contributed by atoms with Crippen LogP contribution in [-0.2, 0) is 5.75 Å². The molecular weight excluding hydrogens is 440 g/mol. The maximum absolute atomic E-state index is 5.42. The fourth-order valence-corrected chi connectivity index (χ4v) is 4.16. The first-order valence-corrected chi connectivity index (χ1v) is 10.6. The van der Waals surface area contributed by atoms with Crippen LogP contribution in [0.2, 0.25) is 0 Å². The van der Waals surface area contributed by atoms with Gasteiger partial charge in [-0.05, 0) is 37.1 Å². The molecule has 0 unspecified atom stereocenters. The van der Waals surface area contributed by atoms with Gasteiger partial charge in [-0.3, -0.25) is 9.55 Å². The Hall–Kier alpha value is -2.52. The molecule has 0 radical (unpaired) electrons. The molecule has 1 aliphatic carbocycles. The molecule has 0 amide bonds. The van der Waals surface area contributed by atoms with Crippen LogP contribution in [-0.4, -0.2) is 29.9 Å². The van der Waals surface area contributed by atoms with Crippen LogP contribution in [0.3, 0.4) is 0 Å². The number of pyridine rings is 1. The highest BCUT2D eigenvalue weighted by Crippen LogP contribution is 2.41. The number of benzene rings is 1. The molecule has 0 saturated heterocycles. The van der Waals surface area contributed by atoms with E-state index >= 15 is 0 Å². The molecule has 9 heteroatoms.